The molecule has 5 nitrogen and oxygen atoms in total. The Hall–Kier alpha value is -3.57. The Bertz CT molecular complexity index is 1410. The zero-order valence-electron chi connectivity index (χ0n) is 19.5. The maximum Gasteiger partial charge on any atom is 0.330 e. The van der Waals surface area contributed by atoms with Crippen LogP contribution in [0.3, 0.4) is 0 Å². The van der Waals surface area contributed by atoms with Gasteiger partial charge in [0.05, 0.1) is 0 Å². The number of benzene rings is 3. The molecule has 6 heteroatoms. The highest BCUT2D eigenvalue weighted by atomic mass is 35.5. The van der Waals surface area contributed by atoms with E-state index in [0.717, 1.165) is 38.7 Å². The lowest BCUT2D eigenvalue weighted by Crippen LogP contribution is -2.57. The van der Waals surface area contributed by atoms with Crippen LogP contribution in [0.25, 0.3) is 22.0 Å². The monoisotopic (exact) mass is 486 g/mol. The van der Waals surface area contributed by atoms with Crippen molar-refractivity contribution in [1.29, 1.82) is 0 Å². The standard InChI is InChI=1S/C29H27ClN2O3/c1-2-18(13-23-17-31-26-6-4-3-5-25(23)26)27(33)32-29(28(34)35)15-21-8-7-20(14-22(21)16-29)19-9-11-24(30)12-10-19/h3-12,14,17-18,31H,2,13,15-16H2,1H3,(H,32,33)(H,34,35). The molecule has 35 heavy (non-hydrogen) atoms. The number of carbonyl (C=O) groups excluding carboxylic acids is 1. The molecule has 0 bridgehead atoms. The van der Waals surface area contributed by atoms with Crippen LogP contribution in [0.5, 0.6) is 0 Å². The number of amides is 1. The Morgan fingerprint density at radius 2 is 1.74 bits per heavy atom. The molecule has 4 aromatic rings. The van der Waals surface area contributed by atoms with E-state index in [1.54, 1.807) is 0 Å². The minimum Gasteiger partial charge on any atom is -0.479 e. The highest BCUT2D eigenvalue weighted by Crippen LogP contribution is 2.35. The summed E-state index contributed by atoms with van der Waals surface area (Å²) in [6, 6.07) is 21.6. The second-order valence-corrected chi connectivity index (χ2v) is 9.83. The lowest BCUT2D eigenvalue weighted by molar-refractivity contribution is -0.148. The fraction of sp³-hybridized carbons (Fsp3) is 0.241. The molecule has 1 aromatic heterocycles. The van der Waals surface area contributed by atoms with Gasteiger partial charge in [-0.15, -0.1) is 0 Å². The number of aromatic nitrogens is 1. The number of carbonyl (C=O) groups is 2. The largest absolute Gasteiger partial charge is 0.479 e. The third-order valence-corrected chi connectivity index (χ3v) is 7.40. The van der Waals surface area contributed by atoms with E-state index >= 15 is 0 Å². The van der Waals surface area contributed by atoms with Crippen molar-refractivity contribution in [3.63, 3.8) is 0 Å². The van der Waals surface area contributed by atoms with Gasteiger partial charge in [0.15, 0.2) is 0 Å². The van der Waals surface area contributed by atoms with Crippen LogP contribution in [0.1, 0.15) is 30.0 Å². The summed E-state index contributed by atoms with van der Waals surface area (Å²) in [7, 11) is 0. The molecule has 0 radical (unpaired) electrons. The SMILES string of the molecule is CCC(Cc1c[nH]c2ccccc12)C(=O)NC1(C(=O)O)Cc2ccc(-c3ccc(Cl)cc3)cc2C1. The van der Waals surface area contributed by atoms with Gasteiger partial charge in [-0.05, 0) is 58.9 Å². The third-order valence-electron chi connectivity index (χ3n) is 7.14. The quantitative estimate of drug-likeness (QED) is 0.309. The second kappa shape index (κ2) is 9.23. The maximum absolute atomic E-state index is 13.4. The predicted molar refractivity (Wildman–Crippen MR) is 139 cm³/mol. The average molecular weight is 487 g/mol. The molecule has 178 valence electrons. The van der Waals surface area contributed by atoms with Crippen molar-refractivity contribution in [2.45, 2.75) is 38.1 Å². The molecule has 0 saturated carbocycles. The van der Waals surface area contributed by atoms with E-state index in [4.69, 9.17) is 11.6 Å². The number of carboxylic acids is 1. The number of aliphatic carboxylic acids is 1. The molecule has 0 fully saturated rings. The fourth-order valence-electron chi connectivity index (χ4n) is 5.12. The summed E-state index contributed by atoms with van der Waals surface area (Å²) in [5.74, 6) is -1.54. The van der Waals surface area contributed by atoms with Gasteiger partial charge >= 0.3 is 5.97 Å². The van der Waals surface area contributed by atoms with Crippen LogP contribution in [0.15, 0.2) is 72.9 Å². The third kappa shape index (κ3) is 4.44. The van der Waals surface area contributed by atoms with Crippen molar-refractivity contribution in [3.05, 3.63) is 94.6 Å². The van der Waals surface area contributed by atoms with Crippen LogP contribution < -0.4 is 5.32 Å². The Labute approximate surface area is 209 Å². The molecule has 0 aliphatic heterocycles. The highest BCUT2D eigenvalue weighted by Gasteiger charge is 2.46. The lowest BCUT2D eigenvalue weighted by atomic mass is 9.91. The summed E-state index contributed by atoms with van der Waals surface area (Å²) in [4.78, 5) is 29.1. The molecule has 1 aliphatic carbocycles. The van der Waals surface area contributed by atoms with E-state index in [2.05, 4.69) is 10.3 Å². The molecule has 0 saturated heterocycles. The predicted octanol–water partition coefficient (Wildman–Crippen LogP) is 5.80. The van der Waals surface area contributed by atoms with Crippen molar-refractivity contribution < 1.29 is 14.7 Å². The number of carboxylic acid groups (broad SMARTS) is 1. The van der Waals surface area contributed by atoms with Crippen LogP contribution in [0.2, 0.25) is 5.02 Å². The molecular formula is C29H27ClN2O3. The van der Waals surface area contributed by atoms with Crippen molar-refractivity contribution in [2.24, 2.45) is 5.92 Å². The molecule has 1 heterocycles. The average Bonchev–Trinajstić information content (AvgIpc) is 3.44. The fourth-order valence-corrected chi connectivity index (χ4v) is 5.24. The Balaban J connectivity index is 1.36. The summed E-state index contributed by atoms with van der Waals surface area (Å²) in [5, 5.41) is 14.9. The number of nitrogens with one attached hydrogen (secondary N) is 2. The first-order valence-corrected chi connectivity index (χ1v) is 12.2. The van der Waals surface area contributed by atoms with E-state index in [1.165, 1.54) is 0 Å². The maximum atomic E-state index is 13.4. The van der Waals surface area contributed by atoms with Gasteiger partial charge in [-0.25, -0.2) is 4.79 Å². The first-order chi connectivity index (χ1) is 16.9. The van der Waals surface area contributed by atoms with Crippen molar-refractivity contribution >= 4 is 34.4 Å². The molecule has 1 aliphatic rings. The molecule has 3 aromatic carbocycles. The Kier molecular flexibility index (Phi) is 6.12. The smallest absolute Gasteiger partial charge is 0.330 e. The minimum atomic E-state index is -1.34. The van der Waals surface area contributed by atoms with Crippen LogP contribution >= 0.6 is 11.6 Å². The number of hydrogen-bond donors (Lipinski definition) is 3. The van der Waals surface area contributed by atoms with Gasteiger partial charge in [0.1, 0.15) is 5.54 Å². The van der Waals surface area contributed by atoms with Gasteiger partial charge in [0.25, 0.3) is 0 Å². The molecular weight excluding hydrogens is 460 g/mol. The van der Waals surface area contributed by atoms with Crippen LogP contribution in [0.4, 0.5) is 0 Å². The number of H-pyrrole nitrogens is 1. The molecule has 5 rings (SSSR count). The van der Waals surface area contributed by atoms with E-state index in [1.807, 2.05) is 79.9 Å². The first-order valence-electron chi connectivity index (χ1n) is 11.9. The van der Waals surface area contributed by atoms with Crippen LogP contribution in [-0.4, -0.2) is 27.5 Å². The first kappa shape index (κ1) is 23.2. The lowest BCUT2D eigenvalue weighted by Gasteiger charge is -2.28. The normalized spacial score (nSPS) is 17.8. The number of hydrogen-bond acceptors (Lipinski definition) is 2. The molecule has 1 amide bonds. The number of fused-ring (bicyclic) bond motifs is 2. The van der Waals surface area contributed by atoms with Crippen molar-refractivity contribution in [2.75, 3.05) is 0 Å². The molecule has 3 N–H and O–H groups in total. The molecule has 2 atom stereocenters. The number of halogens is 1. The highest BCUT2D eigenvalue weighted by molar-refractivity contribution is 6.30. The van der Waals surface area contributed by atoms with E-state index in [-0.39, 0.29) is 24.7 Å². The topological polar surface area (TPSA) is 82.2 Å². The zero-order valence-corrected chi connectivity index (χ0v) is 20.2. The van der Waals surface area contributed by atoms with Gasteiger partial charge < -0.3 is 15.4 Å². The van der Waals surface area contributed by atoms with Crippen molar-refractivity contribution in [1.82, 2.24) is 10.3 Å². The van der Waals surface area contributed by atoms with Gasteiger partial charge in [-0.3, -0.25) is 4.79 Å². The summed E-state index contributed by atoms with van der Waals surface area (Å²) in [6.07, 6.45) is 3.64. The number of rotatable bonds is 7. The molecule has 2 unspecified atom stereocenters. The van der Waals surface area contributed by atoms with Crippen LogP contribution in [-0.2, 0) is 28.9 Å². The van der Waals surface area contributed by atoms with E-state index in [9.17, 15) is 14.7 Å². The summed E-state index contributed by atoms with van der Waals surface area (Å²) in [6.45, 7) is 1.97. The Morgan fingerprint density at radius 1 is 1.03 bits per heavy atom. The van der Waals surface area contributed by atoms with Gasteiger partial charge in [0, 0.05) is 40.9 Å². The summed E-state index contributed by atoms with van der Waals surface area (Å²) >= 11 is 6.02. The second-order valence-electron chi connectivity index (χ2n) is 9.39. The van der Waals surface area contributed by atoms with E-state index < -0.39 is 11.5 Å². The van der Waals surface area contributed by atoms with Gasteiger partial charge in [-0.1, -0.05) is 67.1 Å². The number of para-hydroxylation sites is 1. The van der Waals surface area contributed by atoms with E-state index in [0.29, 0.717) is 17.9 Å². The van der Waals surface area contributed by atoms with Crippen LogP contribution in [0, 0.1) is 5.92 Å². The summed E-state index contributed by atoms with van der Waals surface area (Å²) in [5.41, 5.74) is 4.67. The van der Waals surface area contributed by atoms with Gasteiger partial charge in [-0.2, -0.15) is 0 Å². The zero-order chi connectivity index (χ0) is 24.6. The van der Waals surface area contributed by atoms with Crippen molar-refractivity contribution in [3.8, 4) is 11.1 Å². The minimum absolute atomic E-state index is 0.217. The summed E-state index contributed by atoms with van der Waals surface area (Å²) < 4.78 is 0. The Morgan fingerprint density at radius 3 is 2.49 bits per heavy atom. The van der Waals surface area contributed by atoms with Gasteiger partial charge in [0.2, 0.25) is 5.91 Å². The molecule has 0 spiro atoms. The number of aromatic amines is 1.